The highest BCUT2D eigenvalue weighted by atomic mass is 32.2. The van der Waals surface area contributed by atoms with Crippen molar-refractivity contribution in [3.63, 3.8) is 0 Å². The molecule has 1 rings (SSSR count). The first-order valence-corrected chi connectivity index (χ1v) is 6.56. The van der Waals surface area contributed by atoms with Crippen LogP contribution in [-0.2, 0) is 11.2 Å². The topological polar surface area (TPSA) is 63.1 Å². The SMILES string of the molecule is CCc1cc(SC(C(=O)O)C(C)C)nc(C)n1. The molecule has 4 nitrogen and oxygen atoms in total. The van der Waals surface area contributed by atoms with Gasteiger partial charge >= 0.3 is 5.97 Å². The number of carboxylic acids is 1. The molecule has 0 saturated carbocycles. The van der Waals surface area contributed by atoms with Gasteiger partial charge in [0.25, 0.3) is 0 Å². The molecule has 0 fully saturated rings. The van der Waals surface area contributed by atoms with E-state index in [1.54, 1.807) is 0 Å². The molecular formula is C12H18N2O2S. The Morgan fingerprint density at radius 1 is 1.47 bits per heavy atom. The van der Waals surface area contributed by atoms with Crippen LogP contribution >= 0.6 is 11.8 Å². The Morgan fingerprint density at radius 2 is 2.12 bits per heavy atom. The standard InChI is InChI=1S/C12H18N2O2S/c1-5-9-6-10(14-8(4)13-9)17-11(7(2)3)12(15)16/h6-7,11H,5H2,1-4H3,(H,15,16). The van der Waals surface area contributed by atoms with Gasteiger partial charge in [-0.15, -0.1) is 0 Å². The minimum Gasteiger partial charge on any atom is -0.480 e. The lowest BCUT2D eigenvalue weighted by atomic mass is 10.1. The van der Waals surface area contributed by atoms with Crippen molar-refractivity contribution >= 4 is 17.7 Å². The van der Waals surface area contributed by atoms with E-state index in [1.807, 2.05) is 33.8 Å². The lowest BCUT2D eigenvalue weighted by Crippen LogP contribution is -2.22. The van der Waals surface area contributed by atoms with Crippen molar-refractivity contribution in [1.29, 1.82) is 0 Å². The van der Waals surface area contributed by atoms with Crippen LogP contribution in [0.3, 0.4) is 0 Å². The number of rotatable bonds is 5. The molecule has 94 valence electrons. The van der Waals surface area contributed by atoms with Crippen molar-refractivity contribution in [1.82, 2.24) is 9.97 Å². The fraction of sp³-hybridized carbons (Fsp3) is 0.583. The van der Waals surface area contributed by atoms with Gasteiger partial charge in [-0.05, 0) is 25.3 Å². The van der Waals surface area contributed by atoms with E-state index in [1.165, 1.54) is 11.8 Å². The number of thioether (sulfide) groups is 1. The highest BCUT2D eigenvalue weighted by molar-refractivity contribution is 8.00. The molecule has 0 aliphatic heterocycles. The number of carbonyl (C=O) groups is 1. The van der Waals surface area contributed by atoms with Crippen LogP contribution in [-0.4, -0.2) is 26.3 Å². The van der Waals surface area contributed by atoms with E-state index >= 15 is 0 Å². The Kier molecular flexibility index (Phi) is 4.93. The van der Waals surface area contributed by atoms with Crippen molar-refractivity contribution in [2.45, 2.75) is 44.4 Å². The van der Waals surface area contributed by atoms with Crippen LogP contribution in [0.15, 0.2) is 11.1 Å². The van der Waals surface area contributed by atoms with E-state index in [-0.39, 0.29) is 5.92 Å². The molecule has 1 aromatic rings. The maximum atomic E-state index is 11.1. The molecule has 1 aromatic heterocycles. The average Bonchev–Trinajstić information content (AvgIpc) is 2.24. The van der Waals surface area contributed by atoms with Crippen molar-refractivity contribution in [3.8, 4) is 0 Å². The number of hydrogen-bond acceptors (Lipinski definition) is 4. The maximum absolute atomic E-state index is 11.1. The monoisotopic (exact) mass is 254 g/mol. The van der Waals surface area contributed by atoms with Gasteiger partial charge in [0.05, 0.1) is 0 Å². The van der Waals surface area contributed by atoms with Gasteiger partial charge in [-0.25, -0.2) is 9.97 Å². The zero-order valence-corrected chi connectivity index (χ0v) is 11.4. The zero-order chi connectivity index (χ0) is 13.0. The molecule has 0 aliphatic rings. The molecule has 1 heterocycles. The summed E-state index contributed by atoms with van der Waals surface area (Å²) in [6, 6.07) is 1.87. The Balaban J connectivity index is 2.93. The second kappa shape index (κ2) is 6.00. The third-order valence-electron chi connectivity index (χ3n) is 2.33. The summed E-state index contributed by atoms with van der Waals surface area (Å²) < 4.78 is 0. The van der Waals surface area contributed by atoms with Gasteiger partial charge in [0.2, 0.25) is 0 Å². The fourth-order valence-corrected chi connectivity index (χ4v) is 2.46. The lowest BCUT2D eigenvalue weighted by molar-refractivity contribution is -0.137. The number of hydrogen-bond donors (Lipinski definition) is 1. The quantitative estimate of drug-likeness (QED) is 0.646. The Bertz CT molecular complexity index is 407. The van der Waals surface area contributed by atoms with Crippen LogP contribution < -0.4 is 0 Å². The van der Waals surface area contributed by atoms with E-state index < -0.39 is 11.2 Å². The van der Waals surface area contributed by atoms with Crippen molar-refractivity contribution in [2.24, 2.45) is 5.92 Å². The molecule has 1 N–H and O–H groups in total. The molecule has 1 unspecified atom stereocenters. The van der Waals surface area contributed by atoms with Crippen molar-refractivity contribution in [3.05, 3.63) is 17.6 Å². The summed E-state index contributed by atoms with van der Waals surface area (Å²) in [6.07, 6.45) is 0.830. The van der Waals surface area contributed by atoms with Crippen LogP contribution in [0.1, 0.15) is 32.3 Å². The average molecular weight is 254 g/mol. The molecule has 0 bridgehead atoms. The van der Waals surface area contributed by atoms with Crippen LogP contribution in [0.25, 0.3) is 0 Å². The predicted molar refractivity (Wildman–Crippen MR) is 68.3 cm³/mol. The zero-order valence-electron chi connectivity index (χ0n) is 10.6. The summed E-state index contributed by atoms with van der Waals surface area (Å²) in [5.74, 6) is -0.0306. The first kappa shape index (κ1) is 14.0. The van der Waals surface area contributed by atoms with E-state index in [0.29, 0.717) is 5.82 Å². The molecule has 17 heavy (non-hydrogen) atoms. The van der Waals surface area contributed by atoms with E-state index in [0.717, 1.165) is 17.1 Å². The molecule has 0 aliphatic carbocycles. The second-order valence-corrected chi connectivity index (χ2v) is 5.38. The van der Waals surface area contributed by atoms with Crippen LogP contribution in [0, 0.1) is 12.8 Å². The van der Waals surface area contributed by atoms with Crippen LogP contribution in [0.5, 0.6) is 0 Å². The molecular weight excluding hydrogens is 236 g/mol. The smallest absolute Gasteiger partial charge is 0.317 e. The number of aromatic nitrogens is 2. The molecule has 1 atom stereocenters. The summed E-state index contributed by atoms with van der Waals surface area (Å²) in [4.78, 5) is 19.7. The third kappa shape index (κ3) is 4.00. The first-order valence-electron chi connectivity index (χ1n) is 5.68. The maximum Gasteiger partial charge on any atom is 0.317 e. The Labute approximate surface area is 106 Å². The largest absolute Gasteiger partial charge is 0.480 e. The lowest BCUT2D eigenvalue weighted by Gasteiger charge is -2.15. The molecule has 0 saturated heterocycles. The molecule has 0 amide bonds. The number of aliphatic carboxylic acids is 1. The summed E-state index contributed by atoms with van der Waals surface area (Å²) in [6.45, 7) is 7.66. The number of nitrogens with zero attached hydrogens (tertiary/aromatic N) is 2. The second-order valence-electron chi connectivity index (χ2n) is 4.22. The van der Waals surface area contributed by atoms with Gasteiger partial charge in [-0.2, -0.15) is 0 Å². The Morgan fingerprint density at radius 3 is 2.59 bits per heavy atom. The highest BCUT2D eigenvalue weighted by Gasteiger charge is 2.23. The van der Waals surface area contributed by atoms with Crippen LogP contribution in [0.2, 0.25) is 0 Å². The van der Waals surface area contributed by atoms with Crippen LogP contribution in [0.4, 0.5) is 0 Å². The summed E-state index contributed by atoms with van der Waals surface area (Å²) >= 11 is 1.30. The normalized spacial score (nSPS) is 12.8. The van der Waals surface area contributed by atoms with E-state index in [4.69, 9.17) is 5.11 Å². The van der Waals surface area contributed by atoms with Gasteiger partial charge in [-0.3, -0.25) is 4.79 Å². The van der Waals surface area contributed by atoms with Gasteiger partial charge < -0.3 is 5.11 Å². The molecule has 0 spiro atoms. The summed E-state index contributed by atoms with van der Waals surface area (Å²) in [5, 5.41) is 9.42. The van der Waals surface area contributed by atoms with Crippen molar-refractivity contribution in [2.75, 3.05) is 0 Å². The molecule has 5 heteroatoms. The van der Waals surface area contributed by atoms with Gasteiger partial charge in [-0.1, -0.05) is 32.5 Å². The fourth-order valence-electron chi connectivity index (χ4n) is 1.44. The van der Waals surface area contributed by atoms with E-state index in [9.17, 15) is 4.79 Å². The van der Waals surface area contributed by atoms with Gasteiger partial charge in [0, 0.05) is 5.69 Å². The number of carboxylic acid groups (broad SMARTS) is 1. The first-order chi connectivity index (χ1) is 7.93. The molecule has 0 radical (unpaired) electrons. The molecule has 0 aromatic carbocycles. The minimum atomic E-state index is -0.792. The van der Waals surface area contributed by atoms with Gasteiger partial charge in [0.1, 0.15) is 16.1 Å². The van der Waals surface area contributed by atoms with Gasteiger partial charge in [0.15, 0.2) is 0 Å². The Hall–Kier alpha value is -1.10. The number of aryl methyl sites for hydroxylation is 2. The predicted octanol–water partition coefficient (Wildman–Crippen LogP) is 2.55. The third-order valence-corrected chi connectivity index (χ3v) is 3.78. The summed E-state index contributed by atoms with van der Waals surface area (Å²) in [5.41, 5.74) is 0.952. The van der Waals surface area contributed by atoms with Crippen molar-refractivity contribution < 1.29 is 9.90 Å². The van der Waals surface area contributed by atoms with E-state index in [2.05, 4.69) is 9.97 Å². The summed E-state index contributed by atoms with van der Waals surface area (Å²) in [7, 11) is 0. The minimum absolute atomic E-state index is 0.0675. The highest BCUT2D eigenvalue weighted by Crippen LogP contribution is 2.27.